The summed E-state index contributed by atoms with van der Waals surface area (Å²) in [6, 6.07) is 4.04. The fourth-order valence-electron chi connectivity index (χ4n) is 1.55. The fraction of sp³-hybridized carbons (Fsp3) is 0.636. The Morgan fingerprint density at radius 3 is 2.21 bits per heavy atom. The Morgan fingerprint density at radius 2 is 1.86 bits per heavy atom. The van der Waals surface area contributed by atoms with Crippen LogP contribution in [-0.4, -0.2) is 4.68 Å². The van der Waals surface area contributed by atoms with Gasteiger partial charge in [0.2, 0.25) is 0 Å². The SMILES string of the molecule is CC(C)c1ccc(C(C)(C)C)n1N=[N-]. The van der Waals surface area contributed by atoms with Crippen molar-refractivity contribution in [3.8, 4) is 0 Å². The van der Waals surface area contributed by atoms with Gasteiger partial charge in [-0.05, 0) is 22.7 Å². The highest BCUT2D eigenvalue weighted by Crippen LogP contribution is 2.27. The van der Waals surface area contributed by atoms with Crippen molar-refractivity contribution in [2.24, 2.45) is 5.22 Å². The molecule has 0 atom stereocenters. The molecule has 1 heterocycles. The molecule has 78 valence electrons. The standard InChI is InChI=1S/C11H18N3/c1-8(2)9-6-7-10(11(3,4)5)14(9)13-12/h6-8H,1-5H3/q-1. The van der Waals surface area contributed by atoms with Gasteiger partial charge in [0.15, 0.2) is 0 Å². The molecule has 0 spiro atoms. The lowest BCUT2D eigenvalue weighted by Crippen LogP contribution is -2.16. The highest BCUT2D eigenvalue weighted by atomic mass is 15.4. The van der Waals surface area contributed by atoms with E-state index in [-0.39, 0.29) is 5.41 Å². The van der Waals surface area contributed by atoms with Crippen molar-refractivity contribution in [1.82, 2.24) is 4.68 Å². The molecule has 14 heavy (non-hydrogen) atoms. The van der Waals surface area contributed by atoms with Crippen molar-refractivity contribution in [3.63, 3.8) is 0 Å². The second kappa shape index (κ2) is 3.56. The molecule has 1 aromatic rings. The molecule has 0 amide bonds. The summed E-state index contributed by atoms with van der Waals surface area (Å²) < 4.78 is 1.63. The van der Waals surface area contributed by atoms with Gasteiger partial charge in [-0.2, -0.15) is 0 Å². The Labute approximate surface area is 85.6 Å². The Kier molecular flexibility index (Phi) is 2.79. The number of hydrogen-bond acceptors (Lipinski definition) is 1. The predicted octanol–water partition coefficient (Wildman–Crippen LogP) is 3.69. The summed E-state index contributed by atoms with van der Waals surface area (Å²) in [6.07, 6.45) is 0. The zero-order valence-corrected chi connectivity index (χ0v) is 9.57. The molecule has 0 saturated heterocycles. The molecule has 0 aliphatic carbocycles. The summed E-state index contributed by atoms with van der Waals surface area (Å²) in [7, 11) is 0. The monoisotopic (exact) mass is 192 g/mol. The summed E-state index contributed by atoms with van der Waals surface area (Å²) in [6.45, 7) is 10.5. The first-order valence-electron chi connectivity index (χ1n) is 4.95. The van der Waals surface area contributed by atoms with Crippen LogP contribution in [0.25, 0.3) is 5.53 Å². The molecule has 1 aromatic heterocycles. The van der Waals surface area contributed by atoms with E-state index in [1.54, 1.807) is 4.68 Å². The molecular formula is C11H18N3-. The predicted molar refractivity (Wildman–Crippen MR) is 58.4 cm³/mol. The number of nitrogens with zero attached hydrogens (tertiary/aromatic N) is 3. The fourth-order valence-corrected chi connectivity index (χ4v) is 1.55. The van der Waals surface area contributed by atoms with E-state index in [9.17, 15) is 0 Å². The Bertz CT molecular complexity index is 329. The lowest BCUT2D eigenvalue weighted by atomic mass is 9.92. The van der Waals surface area contributed by atoms with Gasteiger partial charge in [-0.15, -0.1) is 0 Å². The molecule has 0 radical (unpaired) electrons. The third kappa shape index (κ3) is 1.86. The van der Waals surface area contributed by atoms with E-state index in [0.717, 1.165) is 11.4 Å². The minimum atomic E-state index is -0.000625. The minimum absolute atomic E-state index is 0.000625. The van der Waals surface area contributed by atoms with Gasteiger partial charge in [0.25, 0.3) is 0 Å². The number of rotatable bonds is 2. The highest BCUT2D eigenvalue weighted by molar-refractivity contribution is 5.24. The van der Waals surface area contributed by atoms with Crippen LogP contribution < -0.4 is 0 Å². The number of hydrogen-bond donors (Lipinski definition) is 0. The first-order chi connectivity index (χ1) is 6.38. The van der Waals surface area contributed by atoms with Crippen molar-refractivity contribution in [3.05, 3.63) is 29.1 Å². The zero-order valence-electron chi connectivity index (χ0n) is 9.57. The van der Waals surface area contributed by atoms with E-state index in [1.807, 2.05) is 12.1 Å². The van der Waals surface area contributed by atoms with E-state index in [2.05, 4.69) is 39.8 Å². The zero-order chi connectivity index (χ0) is 10.9. The van der Waals surface area contributed by atoms with Gasteiger partial charge in [-0.1, -0.05) is 46.8 Å². The summed E-state index contributed by atoms with van der Waals surface area (Å²) in [5, 5.41) is 3.33. The second-order valence-corrected chi connectivity index (χ2v) is 4.95. The Balaban J connectivity index is 3.28. The van der Waals surface area contributed by atoms with Crippen molar-refractivity contribution in [2.75, 3.05) is 0 Å². The van der Waals surface area contributed by atoms with Gasteiger partial charge in [-0.3, -0.25) is 5.22 Å². The van der Waals surface area contributed by atoms with E-state index in [0.29, 0.717) is 5.92 Å². The quantitative estimate of drug-likeness (QED) is 0.641. The van der Waals surface area contributed by atoms with Crippen molar-refractivity contribution >= 4 is 0 Å². The van der Waals surface area contributed by atoms with E-state index >= 15 is 0 Å². The van der Waals surface area contributed by atoms with Crippen LogP contribution >= 0.6 is 0 Å². The maximum atomic E-state index is 8.99. The van der Waals surface area contributed by atoms with Crippen LogP contribution in [0.15, 0.2) is 17.4 Å². The maximum absolute atomic E-state index is 8.99. The van der Waals surface area contributed by atoms with E-state index in [1.165, 1.54) is 0 Å². The van der Waals surface area contributed by atoms with Gasteiger partial charge in [0.1, 0.15) is 0 Å². The normalized spacial score (nSPS) is 12.1. The number of aromatic nitrogens is 1. The molecule has 0 N–H and O–H groups in total. The van der Waals surface area contributed by atoms with Crippen LogP contribution in [0, 0.1) is 0 Å². The molecule has 0 aliphatic rings. The molecule has 1 rings (SSSR count). The molecule has 0 bridgehead atoms. The average Bonchev–Trinajstić information content (AvgIpc) is 2.45. The van der Waals surface area contributed by atoms with E-state index < -0.39 is 0 Å². The van der Waals surface area contributed by atoms with Crippen LogP contribution in [0.5, 0.6) is 0 Å². The van der Waals surface area contributed by atoms with Gasteiger partial charge < -0.3 is 10.2 Å². The average molecular weight is 192 g/mol. The molecule has 3 nitrogen and oxygen atoms in total. The van der Waals surface area contributed by atoms with Crippen molar-refractivity contribution in [2.45, 2.75) is 46.0 Å². The Morgan fingerprint density at radius 1 is 1.29 bits per heavy atom. The Hall–Kier alpha value is -1.12. The van der Waals surface area contributed by atoms with Crippen molar-refractivity contribution in [1.29, 1.82) is 0 Å². The molecular weight excluding hydrogens is 174 g/mol. The van der Waals surface area contributed by atoms with Gasteiger partial charge >= 0.3 is 0 Å². The van der Waals surface area contributed by atoms with Gasteiger partial charge in [0, 0.05) is 0 Å². The van der Waals surface area contributed by atoms with Crippen LogP contribution in [0.4, 0.5) is 0 Å². The minimum Gasteiger partial charge on any atom is -0.361 e. The molecule has 0 aromatic carbocycles. The van der Waals surface area contributed by atoms with Crippen LogP contribution in [0.3, 0.4) is 0 Å². The molecule has 3 heteroatoms. The molecule has 0 aliphatic heterocycles. The first kappa shape index (κ1) is 11.0. The second-order valence-electron chi connectivity index (χ2n) is 4.95. The van der Waals surface area contributed by atoms with E-state index in [4.69, 9.17) is 5.53 Å². The van der Waals surface area contributed by atoms with Crippen LogP contribution in [-0.2, 0) is 5.41 Å². The van der Waals surface area contributed by atoms with Gasteiger partial charge in [0.05, 0.1) is 0 Å². The lowest BCUT2D eigenvalue weighted by molar-refractivity contribution is 0.527. The largest absolute Gasteiger partial charge is 0.361 e. The molecule has 0 unspecified atom stereocenters. The van der Waals surface area contributed by atoms with Crippen LogP contribution in [0.1, 0.15) is 51.9 Å². The lowest BCUT2D eigenvalue weighted by Gasteiger charge is -2.26. The maximum Gasteiger partial charge on any atom is -0.0154 e. The highest BCUT2D eigenvalue weighted by Gasteiger charge is 2.16. The topological polar surface area (TPSA) is 39.6 Å². The van der Waals surface area contributed by atoms with Gasteiger partial charge in [-0.25, -0.2) is 0 Å². The summed E-state index contributed by atoms with van der Waals surface area (Å²) >= 11 is 0. The third-order valence-corrected chi connectivity index (χ3v) is 2.33. The molecule has 0 fully saturated rings. The van der Waals surface area contributed by atoms with Crippen LogP contribution in [0.2, 0.25) is 0 Å². The van der Waals surface area contributed by atoms with Crippen molar-refractivity contribution < 1.29 is 0 Å². The summed E-state index contributed by atoms with van der Waals surface area (Å²) in [5.74, 6) is 0.363. The summed E-state index contributed by atoms with van der Waals surface area (Å²) in [5.41, 5.74) is 11.1. The summed E-state index contributed by atoms with van der Waals surface area (Å²) in [4.78, 5) is 0. The smallest absolute Gasteiger partial charge is 0.0154 e. The first-order valence-corrected chi connectivity index (χ1v) is 4.95. The third-order valence-electron chi connectivity index (χ3n) is 2.33. The molecule has 0 saturated carbocycles.